The molecule has 1 N–H and O–H groups in total. The molecule has 1 aromatic rings. The van der Waals surface area contributed by atoms with Crippen LogP contribution in [0.1, 0.15) is 44.6 Å². The zero-order chi connectivity index (χ0) is 14.4. The summed E-state index contributed by atoms with van der Waals surface area (Å²) in [6, 6.07) is 2.19. The summed E-state index contributed by atoms with van der Waals surface area (Å²) in [7, 11) is 2.18. The van der Waals surface area contributed by atoms with Gasteiger partial charge in [-0.15, -0.1) is 0 Å². The van der Waals surface area contributed by atoms with E-state index in [1.54, 1.807) is 0 Å². The maximum atomic E-state index is 4.64. The molecule has 20 heavy (non-hydrogen) atoms. The first-order chi connectivity index (χ1) is 9.70. The third-order valence-corrected chi connectivity index (χ3v) is 4.45. The van der Waals surface area contributed by atoms with Gasteiger partial charge in [0.15, 0.2) is 0 Å². The molecule has 1 aromatic heterocycles. The Morgan fingerprint density at radius 2 is 2.15 bits per heavy atom. The Morgan fingerprint density at radius 3 is 2.85 bits per heavy atom. The molecule has 0 radical (unpaired) electrons. The van der Waals surface area contributed by atoms with Gasteiger partial charge in [-0.2, -0.15) is 0 Å². The average molecular weight is 340 g/mol. The van der Waals surface area contributed by atoms with Crippen LogP contribution in [-0.2, 0) is 6.54 Å². The summed E-state index contributed by atoms with van der Waals surface area (Å²) >= 11 is 3.53. The molecule has 0 bridgehead atoms. The second kappa shape index (κ2) is 7.99. The summed E-state index contributed by atoms with van der Waals surface area (Å²) in [5.74, 6) is 1.98. The van der Waals surface area contributed by atoms with Crippen molar-refractivity contribution in [2.75, 3.05) is 25.0 Å². The van der Waals surface area contributed by atoms with Crippen LogP contribution in [0.5, 0.6) is 0 Å². The lowest BCUT2D eigenvalue weighted by molar-refractivity contribution is 0.543. The highest BCUT2D eigenvalue weighted by Crippen LogP contribution is 2.28. The molecule has 0 amide bonds. The smallest absolute Gasteiger partial charge is 0.132 e. The molecule has 1 fully saturated rings. The van der Waals surface area contributed by atoms with Crippen LogP contribution in [0.15, 0.2) is 16.7 Å². The number of hydrogen-bond acceptors (Lipinski definition) is 3. The van der Waals surface area contributed by atoms with E-state index in [0.29, 0.717) is 0 Å². The monoisotopic (exact) mass is 339 g/mol. The van der Waals surface area contributed by atoms with Crippen molar-refractivity contribution in [3.8, 4) is 0 Å². The van der Waals surface area contributed by atoms with E-state index in [2.05, 4.69) is 51.2 Å². The highest BCUT2D eigenvalue weighted by Gasteiger charge is 2.19. The normalized spacial score (nSPS) is 15.8. The minimum absolute atomic E-state index is 0.849. The molecule has 1 heterocycles. The SMILES string of the molecule is CCCNCc1cc(Br)cnc1N(C)CC1CCCC1. The van der Waals surface area contributed by atoms with Gasteiger partial charge in [0.05, 0.1) is 0 Å². The van der Waals surface area contributed by atoms with Gasteiger partial charge in [0.2, 0.25) is 0 Å². The summed E-state index contributed by atoms with van der Waals surface area (Å²) in [4.78, 5) is 6.98. The number of aromatic nitrogens is 1. The molecule has 0 aromatic carbocycles. The molecule has 112 valence electrons. The number of nitrogens with zero attached hydrogens (tertiary/aromatic N) is 2. The van der Waals surface area contributed by atoms with E-state index in [4.69, 9.17) is 0 Å². The molecule has 1 aliphatic rings. The summed E-state index contributed by atoms with van der Waals surface area (Å²) in [5.41, 5.74) is 1.29. The van der Waals surface area contributed by atoms with Crippen LogP contribution in [-0.4, -0.2) is 25.1 Å². The van der Waals surface area contributed by atoms with Gasteiger partial charge in [-0.25, -0.2) is 4.98 Å². The van der Waals surface area contributed by atoms with Gasteiger partial charge in [0.25, 0.3) is 0 Å². The Morgan fingerprint density at radius 1 is 1.40 bits per heavy atom. The van der Waals surface area contributed by atoms with Crippen molar-refractivity contribution in [2.45, 2.75) is 45.6 Å². The van der Waals surface area contributed by atoms with Crippen LogP contribution in [0.25, 0.3) is 0 Å². The summed E-state index contributed by atoms with van der Waals surface area (Å²) in [5, 5.41) is 3.48. The Labute approximate surface area is 131 Å². The van der Waals surface area contributed by atoms with Crippen LogP contribution in [0, 0.1) is 5.92 Å². The first kappa shape index (κ1) is 15.8. The Bertz CT molecular complexity index is 416. The van der Waals surface area contributed by atoms with E-state index in [1.165, 1.54) is 31.2 Å². The van der Waals surface area contributed by atoms with Crippen LogP contribution in [0.4, 0.5) is 5.82 Å². The van der Waals surface area contributed by atoms with Gasteiger partial charge in [-0.05, 0) is 53.7 Å². The number of hydrogen-bond donors (Lipinski definition) is 1. The summed E-state index contributed by atoms with van der Waals surface area (Å²) in [6.45, 7) is 5.28. The van der Waals surface area contributed by atoms with Crippen molar-refractivity contribution in [3.63, 3.8) is 0 Å². The van der Waals surface area contributed by atoms with Crippen molar-refractivity contribution in [3.05, 3.63) is 22.3 Å². The molecule has 0 saturated heterocycles. The van der Waals surface area contributed by atoms with Gasteiger partial charge < -0.3 is 10.2 Å². The topological polar surface area (TPSA) is 28.2 Å². The minimum atomic E-state index is 0.849. The largest absolute Gasteiger partial charge is 0.359 e. The average Bonchev–Trinajstić information content (AvgIpc) is 2.92. The van der Waals surface area contributed by atoms with E-state index < -0.39 is 0 Å². The van der Waals surface area contributed by atoms with Gasteiger partial charge in [-0.3, -0.25) is 0 Å². The molecule has 0 spiro atoms. The lowest BCUT2D eigenvalue weighted by Gasteiger charge is -2.24. The van der Waals surface area contributed by atoms with Gasteiger partial charge in [0.1, 0.15) is 5.82 Å². The molecule has 4 heteroatoms. The zero-order valence-electron chi connectivity index (χ0n) is 12.7. The van der Waals surface area contributed by atoms with Crippen molar-refractivity contribution in [1.29, 1.82) is 0 Å². The first-order valence-corrected chi connectivity index (χ1v) is 8.56. The predicted molar refractivity (Wildman–Crippen MR) is 89.2 cm³/mol. The van der Waals surface area contributed by atoms with Crippen molar-refractivity contribution < 1.29 is 0 Å². The van der Waals surface area contributed by atoms with E-state index in [1.807, 2.05) is 6.20 Å². The molecular formula is C16H26BrN3. The van der Waals surface area contributed by atoms with Crippen molar-refractivity contribution >= 4 is 21.7 Å². The van der Waals surface area contributed by atoms with Gasteiger partial charge in [-0.1, -0.05) is 19.8 Å². The second-order valence-corrected chi connectivity index (χ2v) is 6.76. The number of nitrogens with one attached hydrogen (secondary N) is 1. The van der Waals surface area contributed by atoms with E-state index in [9.17, 15) is 0 Å². The molecule has 1 aliphatic carbocycles. The molecule has 3 nitrogen and oxygen atoms in total. The van der Waals surface area contributed by atoms with Crippen LogP contribution in [0.2, 0.25) is 0 Å². The maximum absolute atomic E-state index is 4.64. The molecular weight excluding hydrogens is 314 g/mol. The number of pyridine rings is 1. The maximum Gasteiger partial charge on any atom is 0.132 e. The molecule has 0 aliphatic heterocycles. The highest BCUT2D eigenvalue weighted by atomic mass is 79.9. The lowest BCUT2D eigenvalue weighted by atomic mass is 10.1. The number of rotatable bonds is 7. The zero-order valence-corrected chi connectivity index (χ0v) is 14.2. The third kappa shape index (κ3) is 4.45. The fourth-order valence-electron chi connectivity index (χ4n) is 3.01. The first-order valence-electron chi connectivity index (χ1n) is 7.77. The number of anilines is 1. The van der Waals surface area contributed by atoms with Crippen LogP contribution < -0.4 is 10.2 Å². The van der Waals surface area contributed by atoms with Crippen LogP contribution >= 0.6 is 15.9 Å². The number of halogens is 1. The molecule has 1 saturated carbocycles. The van der Waals surface area contributed by atoms with Gasteiger partial charge >= 0.3 is 0 Å². The van der Waals surface area contributed by atoms with Crippen molar-refractivity contribution in [1.82, 2.24) is 10.3 Å². The highest BCUT2D eigenvalue weighted by molar-refractivity contribution is 9.10. The third-order valence-electron chi connectivity index (χ3n) is 4.02. The van der Waals surface area contributed by atoms with E-state index in [-0.39, 0.29) is 0 Å². The van der Waals surface area contributed by atoms with E-state index >= 15 is 0 Å². The molecule has 0 unspecified atom stereocenters. The summed E-state index contributed by atoms with van der Waals surface area (Å²) in [6.07, 6.45) is 8.63. The van der Waals surface area contributed by atoms with Crippen molar-refractivity contribution in [2.24, 2.45) is 5.92 Å². The molecule has 0 atom stereocenters. The molecule has 2 rings (SSSR count). The quantitative estimate of drug-likeness (QED) is 0.762. The fourth-order valence-corrected chi connectivity index (χ4v) is 3.39. The Kier molecular flexibility index (Phi) is 6.30. The Hall–Kier alpha value is -0.610. The Balaban J connectivity index is 2.03. The lowest BCUT2D eigenvalue weighted by Crippen LogP contribution is -2.27. The van der Waals surface area contributed by atoms with E-state index in [0.717, 1.165) is 42.3 Å². The van der Waals surface area contributed by atoms with Gasteiger partial charge in [0, 0.05) is 36.4 Å². The summed E-state index contributed by atoms with van der Waals surface area (Å²) < 4.78 is 1.06. The fraction of sp³-hybridized carbons (Fsp3) is 0.688. The van der Waals surface area contributed by atoms with Crippen LogP contribution in [0.3, 0.4) is 0 Å². The second-order valence-electron chi connectivity index (χ2n) is 5.84. The minimum Gasteiger partial charge on any atom is -0.359 e. The standard InChI is InChI=1S/C16H26BrN3/c1-3-8-18-10-14-9-15(17)11-19-16(14)20(2)12-13-6-4-5-7-13/h9,11,13,18H,3-8,10,12H2,1-2H3. The predicted octanol–water partition coefficient (Wildman–Crippen LogP) is 3.97.